The second-order valence-electron chi connectivity index (χ2n) is 4.79. The molecule has 0 aliphatic heterocycles. The highest BCUT2D eigenvalue weighted by atomic mass is 16.5. The molecule has 1 saturated carbocycles. The minimum Gasteiger partial charge on any atom is -0.476 e. The van der Waals surface area contributed by atoms with Crippen LogP contribution in [0.3, 0.4) is 0 Å². The van der Waals surface area contributed by atoms with Gasteiger partial charge in [0.25, 0.3) is 0 Å². The molecule has 106 valence electrons. The zero-order valence-corrected chi connectivity index (χ0v) is 10.9. The van der Waals surface area contributed by atoms with E-state index in [9.17, 15) is 4.79 Å². The standard InChI is InChI=1S/C13H20N2O4/c16-13(17)12-8-11(19-15-12)9-14-6-7-18-10-4-2-1-3-5-10/h8,10,14H,1-7,9H2,(H,16,17). The summed E-state index contributed by atoms with van der Waals surface area (Å²) in [4.78, 5) is 10.6. The van der Waals surface area contributed by atoms with Crippen molar-refractivity contribution in [3.63, 3.8) is 0 Å². The quantitative estimate of drug-likeness (QED) is 0.734. The van der Waals surface area contributed by atoms with Crippen molar-refractivity contribution in [3.05, 3.63) is 17.5 Å². The van der Waals surface area contributed by atoms with Crippen LogP contribution in [0.2, 0.25) is 0 Å². The number of carboxylic acid groups (broad SMARTS) is 1. The van der Waals surface area contributed by atoms with Crippen LogP contribution in [0.1, 0.15) is 48.4 Å². The number of carbonyl (C=O) groups is 1. The largest absolute Gasteiger partial charge is 0.476 e. The number of hydrogen-bond donors (Lipinski definition) is 2. The van der Waals surface area contributed by atoms with Gasteiger partial charge in [0.15, 0.2) is 11.5 Å². The third-order valence-corrected chi connectivity index (χ3v) is 3.26. The van der Waals surface area contributed by atoms with E-state index in [-0.39, 0.29) is 5.69 Å². The fourth-order valence-corrected chi connectivity index (χ4v) is 2.24. The normalized spacial score (nSPS) is 16.6. The van der Waals surface area contributed by atoms with Crippen LogP contribution in [-0.4, -0.2) is 35.5 Å². The molecule has 0 spiro atoms. The van der Waals surface area contributed by atoms with Crippen molar-refractivity contribution >= 4 is 5.97 Å². The fraction of sp³-hybridized carbons (Fsp3) is 0.692. The maximum atomic E-state index is 10.6. The van der Waals surface area contributed by atoms with Crippen LogP contribution in [-0.2, 0) is 11.3 Å². The first-order valence-corrected chi connectivity index (χ1v) is 6.77. The zero-order chi connectivity index (χ0) is 13.5. The Morgan fingerprint density at radius 2 is 2.26 bits per heavy atom. The molecule has 0 atom stereocenters. The van der Waals surface area contributed by atoms with Crippen molar-refractivity contribution in [1.29, 1.82) is 0 Å². The molecule has 6 nitrogen and oxygen atoms in total. The highest BCUT2D eigenvalue weighted by Crippen LogP contribution is 2.19. The molecule has 0 unspecified atom stereocenters. The summed E-state index contributed by atoms with van der Waals surface area (Å²) in [5, 5.41) is 15.3. The molecular formula is C13H20N2O4. The summed E-state index contributed by atoms with van der Waals surface area (Å²) in [5.41, 5.74) is -0.0599. The van der Waals surface area contributed by atoms with Crippen molar-refractivity contribution < 1.29 is 19.2 Å². The Hall–Kier alpha value is -1.40. The first-order valence-electron chi connectivity index (χ1n) is 6.77. The SMILES string of the molecule is O=C(O)c1cc(CNCCOC2CCCCC2)on1. The van der Waals surface area contributed by atoms with Crippen molar-refractivity contribution in [2.75, 3.05) is 13.2 Å². The van der Waals surface area contributed by atoms with Gasteiger partial charge in [-0.3, -0.25) is 0 Å². The summed E-state index contributed by atoms with van der Waals surface area (Å²) in [6, 6.07) is 1.43. The molecule has 2 rings (SSSR count). The number of hydrogen-bond acceptors (Lipinski definition) is 5. The Morgan fingerprint density at radius 3 is 2.95 bits per heavy atom. The molecule has 1 fully saturated rings. The molecule has 1 heterocycles. The average Bonchev–Trinajstić information content (AvgIpc) is 2.89. The maximum Gasteiger partial charge on any atom is 0.358 e. The van der Waals surface area contributed by atoms with Gasteiger partial charge in [0.2, 0.25) is 0 Å². The Labute approximate surface area is 112 Å². The maximum absolute atomic E-state index is 10.6. The second kappa shape index (κ2) is 7.25. The summed E-state index contributed by atoms with van der Waals surface area (Å²) in [7, 11) is 0. The van der Waals surface area contributed by atoms with E-state index < -0.39 is 5.97 Å². The molecule has 0 amide bonds. The Bertz CT molecular complexity index is 399. The lowest BCUT2D eigenvalue weighted by atomic mass is 9.98. The smallest absolute Gasteiger partial charge is 0.358 e. The van der Waals surface area contributed by atoms with Gasteiger partial charge in [-0.25, -0.2) is 4.79 Å². The number of rotatable bonds is 7. The lowest BCUT2D eigenvalue weighted by molar-refractivity contribution is 0.0300. The monoisotopic (exact) mass is 268 g/mol. The number of carboxylic acids is 1. The van der Waals surface area contributed by atoms with Crippen molar-refractivity contribution in [2.45, 2.75) is 44.8 Å². The molecule has 1 aliphatic carbocycles. The van der Waals surface area contributed by atoms with Crippen LogP contribution in [0.4, 0.5) is 0 Å². The van der Waals surface area contributed by atoms with Crippen LogP contribution >= 0.6 is 0 Å². The van der Waals surface area contributed by atoms with E-state index in [1.807, 2.05) is 0 Å². The third kappa shape index (κ3) is 4.65. The molecule has 6 heteroatoms. The molecule has 0 saturated heterocycles. The predicted octanol–water partition coefficient (Wildman–Crippen LogP) is 1.81. The molecule has 0 bridgehead atoms. The molecule has 2 N–H and O–H groups in total. The van der Waals surface area contributed by atoms with Crippen molar-refractivity contribution in [3.8, 4) is 0 Å². The van der Waals surface area contributed by atoms with Gasteiger partial charge in [0.1, 0.15) is 0 Å². The molecule has 0 radical (unpaired) electrons. The zero-order valence-electron chi connectivity index (χ0n) is 10.9. The first-order chi connectivity index (χ1) is 9.25. The van der Waals surface area contributed by atoms with Gasteiger partial charge in [-0.1, -0.05) is 24.4 Å². The summed E-state index contributed by atoms with van der Waals surface area (Å²) in [6.07, 6.45) is 6.63. The minimum atomic E-state index is -1.07. The van der Waals surface area contributed by atoms with Gasteiger partial charge in [-0.05, 0) is 12.8 Å². The van der Waals surface area contributed by atoms with Crippen LogP contribution in [0.25, 0.3) is 0 Å². The molecular weight excluding hydrogens is 248 g/mol. The van der Waals surface area contributed by atoms with Gasteiger partial charge in [0.05, 0.1) is 19.3 Å². The third-order valence-electron chi connectivity index (χ3n) is 3.26. The molecule has 0 aromatic carbocycles. The van der Waals surface area contributed by atoms with E-state index in [2.05, 4.69) is 10.5 Å². The fourth-order valence-electron chi connectivity index (χ4n) is 2.24. The summed E-state index contributed by atoms with van der Waals surface area (Å²) >= 11 is 0. The van der Waals surface area contributed by atoms with E-state index in [1.165, 1.54) is 38.2 Å². The van der Waals surface area contributed by atoms with Crippen LogP contribution < -0.4 is 5.32 Å². The molecule has 1 aromatic heterocycles. The Balaban J connectivity index is 1.57. The van der Waals surface area contributed by atoms with E-state index in [1.54, 1.807) is 0 Å². The summed E-state index contributed by atoms with van der Waals surface area (Å²) in [5.74, 6) is -0.550. The highest BCUT2D eigenvalue weighted by Gasteiger charge is 2.13. The number of aromatic nitrogens is 1. The second-order valence-corrected chi connectivity index (χ2v) is 4.79. The lowest BCUT2D eigenvalue weighted by Gasteiger charge is -2.21. The van der Waals surface area contributed by atoms with Crippen molar-refractivity contribution in [1.82, 2.24) is 10.5 Å². The van der Waals surface area contributed by atoms with E-state index >= 15 is 0 Å². The van der Waals surface area contributed by atoms with Gasteiger partial charge < -0.3 is 19.7 Å². The van der Waals surface area contributed by atoms with E-state index in [4.69, 9.17) is 14.4 Å². The molecule has 1 aliphatic rings. The Kier molecular flexibility index (Phi) is 5.35. The van der Waals surface area contributed by atoms with E-state index in [0.29, 0.717) is 25.0 Å². The number of aromatic carboxylic acids is 1. The van der Waals surface area contributed by atoms with Gasteiger partial charge in [-0.2, -0.15) is 0 Å². The lowest BCUT2D eigenvalue weighted by Crippen LogP contribution is -2.24. The van der Waals surface area contributed by atoms with Crippen LogP contribution in [0, 0.1) is 0 Å². The predicted molar refractivity (Wildman–Crippen MR) is 68.0 cm³/mol. The van der Waals surface area contributed by atoms with Crippen LogP contribution in [0.15, 0.2) is 10.6 Å². The first kappa shape index (κ1) is 14.0. The topological polar surface area (TPSA) is 84.6 Å². The summed E-state index contributed by atoms with van der Waals surface area (Å²) in [6.45, 7) is 1.86. The van der Waals surface area contributed by atoms with Gasteiger partial charge in [0, 0.05) is 12.6 Å². The van der Waals surface area contributed by atoms with E-state index in [0.717, 1.165) is 6.54 Å². The number of nitrogens with zero attached hydrogens (tertiary/aromatic N) is 1. The highest BCUT2D eigenvalue weighted by molar-refractivity contribution is 5.85. The Morgan fingerprint density at radius 1 is 1.47 bits per heavy atom. The van der Waals surface area contributed by atoms with Gasteiger partial charge >= 0.3 is 5.97 Å². The number of nitrogens with one attached hydrogen (secondary N) is 1. The van der Waals surface area contributed by atoms with Crippen LogP contribution in [0.5, 0.6) is 0 Å². The average molecular weight is 268 g/mol. The minimum absolute atomic E-state index is 0.0599. The van der Waals surface area contributed by atoms with Gasteiger partial charge in [-0.15, -0.1) is 0 Å². The van der Waals surface area contributed by atoms with Crippen molar-refractivity contribution in [2.24, 2.45) is 0 Å². The number of ether oxygens (including phenoxy) is 1. The molecule has 1 aromatic rings. The summed E-state index contributed by atoms with van der Waals surface area (Å²) < 4.78 is 10.6. The molecule has 19 heavy (non-hydrogen) atoms.